The van der Waals surface area contributed by atoms with Crippen LogP contribution in [0.1, 0.15) is 37.3 Å². The summed E-state index contributed by atoms with van der Waals surface area (Å²) in [5.74, 6) is 0.481. The number of thiocarbonyl (C=S) groups is 1. The van der Waals surface area contributed by atoms with Gasteiger partial charge in [0.05, 0.1) is 5.56 Å². The van der Waals surface area contributed by atoms with E-state index in [1.807, 2.05) is 24.3 Å². The SMILES string of the molecule is CCC(C)c1ccc(NC(=S)Nc2cccc(C(F)(F)F)c2)cc1. The number of rotatable bonds is 4. The first-order valence-corrected chi connectivity index (χ1v) is 8.05. The molecule has 2 nitrogen and oxygen atoms in total. The van der Waals surface area contributed by atoms with E-state index in [2.05, 4.69) is 24.5 Å². The zero-order valence-corrected chi connectivity index (χ0v) is 14.3. The fraction of sp³-hybridized carbons (Fsp3) is 0.278. The van der Waals surface area contributed by atoms with Gasteiger partial charge >= 0.3 is 6.18 Å². The Hall–Kier alpha value is -2.08. The lowest BCUT2D eigenvalue weighted by Crippen LogP contribution is -2.19. The van der Waals surface area contributed by atoms with Gasteiger partial charge in [0.2, 0.25) is 0 Å². The van der Waals surface area contributed by atoms with Crippen molar-refractivity contribution in [3.05, 3.63) is 59.7 Å². The maximum absolute atomic E-state index is 12.7. The number of halogens is 3. The molecular weight excluding hydrogens is 333 g/mol. The molecule has 128 valence electrons. The zero-order valence-electron chi connectivity index (χ0n) is 13.4. The molecule has 0 aromatic heterocycles. The fourth-order valence-corrected chi connectivity index (χ4v) is 2.43. The molecule has 0 amide bonds. The summed E-state index contributed by atoms with van der Waals surface area (Å²) >= 11 is 5.16. The molecule has 2 rings (SSSR count). The van der Waals surface area contributed by atoms with Gasteiger partial charge in [-0.05, 0) is 60.5 Å². The Morgan fingerprint density at radius 2 is 1.67 bits per heavy atom. The molecule has 1 unspecified atom stereocenters. The normalized spacial score (nSPS) is 12.5. The lowest BCUT2D eigenvalue weighted by molar-refractivity contribution is -0.137. The van der Waals surface area contributed by atoms with Crippen LogP contribution in [0.3, 0.4) is 0 Å². The maximum atomic E-state index is 12.7. The van der Waals surface area contributed by atoms with E-state index in [0.29, 0.717) is 11.6 Å². The topological polar surface area (TPSA) is 24.1 Å². The average Bonchev–Trinajstić information content (AvgIpc) is 2.54. The number of hydrogen-bond acceptors (Lipinski definition) is 1. The predicted molar refractivity (Wildman–Crippen MR) is 96.4 cm³/mol. The highest BCUT2D eigenvalue weighted by molar-refractivity contribution is 7.80. The van der Waals surface area contributed by atoms with Crippen LogP contribution in [0.25, 0.3) is 0 Å². The molecule has 0 saturated heterocycles. The highest BCUT2D eigenvalue weighted by Gasteiger charge is 2.30. The molecule has 0 spiro atoms. The van der Waals surface area contributed by atoms with Crippen molar-refractivity contribution in [1.82, 2.24) is 0 Å². The summed E-state index contributed by atoms with van der Waals surface area (Å²) in [7, 11) is 0. The minimum Gasteiger partial charge on any atom is -0.332 e. The summed E-state index contributed by atoms with van der Waals surface area (Å²) in [6, 6.07) is 12.8. The Morgan fingerprint density at radius 1 is 1.04 bits per heavy atom. The van der Waals surface area contributed by atoms with Crippen LogP contribution in [-0.4, -0.2) is 5.11 Å². The van der Waals surface area contributed by atoms with Gasteiger partial charge in [-0.1, -0.05) is 32.0 Å². The Morgan fingerprint density at radius 3 is 2.25 bits per heavy atom. The van der Waals surface area contributed by atoms with Crippen molar-refractivity contribution in [2.24, 2.45) is 0 Å². The summed E-state index contributed by atoms with van der Waals surface area (Å²) in [6.45, 7) is 4.28. The summed E-state index contributed by atoms with van der Waals surface area (Å²) in [5, 5.41) is 5.98. The molecule has 2 aromatic rings. The molecule has 0 radical (unpaired) electrons. The third kappa shape index (κ3) is 4.96. The number of nitrogens with one attached hydrogen (secondary N) is 2. The van der Waals surface area contributed by atoms with Gasteiger partial charge in [-0.2, -0.15) is 13.2 Å². The van der Waals surface area contributed by atoms with E-state index < -0.39 is 11.7 Å². The smallest absolute Gasteiger partial charge is 0.332 e. The van der Waals surface area contributed by atoms with Crippen molar-refractivity contribution in [3.63, 3.8) is 0 Å². The second kappa shape index (κ2) is 7.66. The molecule has 0 aliphatic rings. The van der Waals surface area contributed by atoms with Crippen LogP contribution in [0.2, 0.25) is 0 Å². The fourth-order valence-electron chi connectivity index (χ4n) is 2.20. The molecule has 0 heterocycles. The Bertz CT molecular complexity index is 696. The maximum Gasteiger partial charge on any atom is 0.416 e. The van der Waals surface area contributed by atoms with Gasteiger partial charge in [0.1, 0.15) is 0 Å². The number of alkyl halides is 3. The number of benzene rings is 2. The van der Waals surface area contributed by atoms with Gasteiger partial charge in [0.15, 0.2) is 5.11 Å². The quantitative estimate of drug-likeness (QED) is 0.657. The largest absolute Gasteiger partial charge is 0.416 e. The lowest BCUT2D eigenvalue weighted by Gasteiger charge is -2.14. The van der Waals surface area contributed by atoms with Crippen molar-refractivity contribution in [2.45, 2.75) is 32.4 Å². The van der Waals surface area contributed by atoms with Crippen molar-refractivity contribution in [2.75, 3.05) is 10.6 Å². The minimum absolute atomic E-state index is 0.241. The molecule has 0 saturated carbocycles. The first-order valence-electron chi connectivity index (χ1n) is 7.65. The molecule has 1 atom stereocenters. The molecule has 0 bridgehead atoms. The van der Waals surface area contributed by atoms with Crippen LogP contribution < -0.4 is 10.6 Å². The Balaban J connectivity index is 2.01. The van der Waals surface area contributed by atoms with E-state index in [4.69, 9.17) is 12.2 Å². The molecule has 2 aromatic carbocycles. The van der Waals surface area contributed by atoms with Gasteiger partial charge < -0.3 is 10.6 Å². The molecule has 24 heavy (non-hydrogen) atoms. The number of anilines is 2. The molecular formula is C18H19F3N2S. The lowest BCUT2D eigenvalue weighted by atomic mass is 9.99. The van der Waals surface area contributed by atoms with Crippen molar-refractivity contribution >= 4 is 28.7 Å². The molecule has 0 aliphatic heterocycles. The van der Waals surface area contributed by atoms with Crippen LogP contribution in [0, 0.1) is 0 Å². The number of hydrogen-bond donors (Lipinski definition) is 2. The van der Waals surface area contributed by atoms with Crippen molar-refractivity contribution in [3.8, 4) is 0 Å². The van der Waals surface area contributed by atoms with Crippen LogP contribution >= 0.6 is 12.2 Å². The summed E-state index contributed by atoms with van der Waals surface area (Å²) in [5.41, 5.74) is 1.60. The van der Waals surface area contributed by atoms with E-state index >= 15 is 0 Å². The summed E-state index contributed by atoms with van der Waals surface area (Å²) in [6.07, 6.45) is -3.32. The molecule has 6 heteroatoms. The van der Waals surface area contributed by atoms with E-state index in [9.17, 15) is 13.2 Å². The predicted octanol–water partition coefficient (Wildman–Crippen LogP) is 6.03. The zero-order chi connectivity index (χ0) is 17.7. The highest BCUT2D eigenvalue weighted by Crippen LogP contribution is 2.30. The van der Waals surface area contributed by atoms with E-state index in [1.165, 1.54) is 17.7 Å². The van der Waals surface area contributed by atoms with Crippen molar-refractivity contribution < 1.29 is 13.2 Å². The third-order valence-electron chi connectivity index (χ3n) is 3.80. The monoisotopic (exact) mass is 352 g/mol. The van der Waals surface area contributed by atoms with Gasteiger partial charge in [0.25, 0.3) is 0 Å². The average molecular weight is 352 g/mol. The first-order chi connectivity index (χ1) is 11.3. The highest BCUT2D eigenvalue weighted by atomic mass is 32.1. The molecule has 0 aliphatic carbocycles. The molecule has 0 fully saturated rings. The minimum atomic E-state index is -4.38. The Labute approximate surface area is 145 Å². The standard InChI is InChI=1S/C18H19F3N2S/c1-3-12(2)13-7-9-15(10-8-13)22-17(24)23-16-6-4-5-14(11-16)18(19,20)21/h4-12H,3H2,1-2H3,(H2,22,23,24). The van der Waals surface area contributed by atoms with Crippen LogP contribution in [0.15, 0.2) is 48.5 Å². The third-order valence-corrected chi connectivity index (χ3v) is 4.00. The van der Waals surface area contributed by atoms with Crippen molar-refractivity contribution in [1.29, 1.82) is 0 Å². The van der Waals surface area contributed by atoms with Gasteiger partial charge in [-0.15, -0.1) is 0 Å². The van der Waals surface area contributed by atoms with Gasteiger partial charge in [-0.3, -0.25) is 0 Å². The van der Waals surface area contributed by atoms with E-state index in [-0.39, 0.29) is 5.11 Å². The van der Waals surface area contributed by atoms with Crippen LogP contribution in [0.4, 0.5) is 24.5 Å². The second-order valence-corrected chi connectivity index (χ2v) is 6.00. The van der Waals surface area contributed by atoms with E-state index in [1.54, 1.807) is 0 Å². The summed E-state index contributed by atoms with van der Waals surface area (Å²) in [4.78, 5) is 0. The van der Waals surface area contributed by atoms with Gasteiger partial charge in [-0.25, -0.2) is 0 Å². The van der Waals surface area contributed by atoms with Crippen LogP contribution in [-0.2, 0) is 6.18 Å². The summed E-state index contributed by atoms with van der Waals surface area (Å²) < 4.78 is 38.1. The van der Waals surface area contributed by atoms with E-state index in [0.717, 1.165) is 24.2 Å². The van der Waals surface area contributed by atoms with Gasteiger partial charge in [0, 0.05) is 11.4 Å². The van der Waals surface area contributed by atoms with Crippen LogP contribution in [0.5, 0.6) is 0 Å². The molecule has 2 N–H and O–H groups in total. The first kappa shape index (κ1) is 18.3. The Kier molecular flexibility index (Phi) is 5.83. The second-order valence-electron chi connectivity index (χ2n) is 5.59.